The Morgan fingerprint density at radius 2 is 1.52 bits per heavy atom. The van der Waals surface area contributed by atoms with Crippen molar-refractivity contribution < 1.29 is 5.11 Å². The third kappa shape index (κ3) is 5.76. The summed E-state index contributed by atoms with van der Waals surface area (Å²) in [6.07, 6.45) is 4.36. The van der Waals surface area contributed by atoms with Gasteiger partial charge in [-0.05, 0) is 70.8 Å². The van der Waals surface area contributed by atoms with Crippen molar-refractivity contribution in [1.82, 2.24) is 19.6 Å². The van der Waals surface area contributed by atoms with Gasteiger partial charge >= 0.3 is 0 Å². The van der Waals surface area contributed by atoms with Crippen LogP contribution in [0.5, 0.6) is 0 Å². The highest BCUT2D eigenvalue weighted by atomic mass is 16.3. The van der Waals surface area contributed by atoms with E-state index < -0.39 is 0 Å². The minimum absolute atomic E-state index is 0.0530. The van der Waals surface area contributed by atoms with Crippen molar-refractivity contribution in [3.8, 4) is 16.9 Å². The van der Waals surface area contributed by atoms with Crippen LogP contribution in [0.25, 0.3) is 16.9 Å². The molecule has 0 aliphatic carbocycles. The first-order valence-electron chi connectivity index (χ1n) is 10.1. The van der Waals surface area contributed by atoms with E-state index in [4.69, 9.17) is 5.10 Å². The van der Waals surface area contributed by atoms with Crippen LogP contribution in [-0.4, -0.2) is 59.4 Å². The van der Waals surface area contributed by atoms with Crippen LogP contribution in [0.3, 0.4) is 0 Å². The Balaban J connectivity index is 1.85. The first kappa shape index (κ1) is 21.2. The quantitative estimate of drug-likeness (QED) is 0.604. The van der Waals surface area contributed by atoms with Crippen LogP contribution in [0.15, 0.2) is 54.7 Å². The number of aliphatic hydroxyl groups excluding tert-OH is 1. The summed E-state index contributed by atoms with van der Waals surface area (Å²) >= 11 is 0. The Bertz CT molecular complexity index is 896. The Morgan fingerprint density at radius 1 is 0.862 bits per heavy atom. The van der Waals surface area contributed by atoms with Crippen molar-refractivity contribution in [3.63, 3.8) is 0 Å². The van der Waals surface area contributed by atoms with Crippen LogP contribution in [0.1, 0.15) is 23.1 Å². The molecule has 0 aliphatic heterocycles. The van der Waals surface area contributed by atoms with E-state index in [1.54, 1.807) is 0 Å². The molecule has 3 rings (SSSR count). The second kappa shape index (κ2) is 9.83. The smallest absolute Gasteiger partial charge is 0.0972 e. The zero-order valence-corrected chi connectivity index (χ0v) is 18.0. The highest BCUT2D eigenvalue weighted by Crippen LogP contribution is 2.25. The first-order valence-corrected chi connectivity index (χ1v) is 10.1. The van der Waals surface area contributed by atoms with Gasteiger partial charge in [0.1, 0.15) is 0 Å². The minimum atomic E-state index is 0.0530. The van der Waals surface area contributed by atoms with Crippen LogP contribution in [-0.2, 0) is 19.6 Å². The van der Waals surface area contributed by atoms with Gasteiger partial charge < -0.3 is 14.9 Å². The summed E-state index contributed by atoms with van der Waals surface area (Å²) in [4.78, 5) is 4.39. The van der Waals surface area contributed by atoms with E-state index >= 15 is 0 Å². The van der Waals surface area contributed by atoms with Crippen LogP contribution < -0.4 is 0 Å². The molecule has 3 aromatic rings. The molecule has 0 saturated carbocycles. The molecule has 0 aliphatic rings. The van der Waals surface area contributed by atoms with E-state index in [9.17, 15) is 5.11 Å². The summed E-state index contributed by atoms with van der Waals surface area (Å²) < 4.78 is 1.93. The number of aliphatic hydroxyl groups is 1. The lowest BCUT2D eigenvalue weighted by Gasteiger charge is -2.10. The molecule has 0 amide bonds. The summed E-state index contributed by atoms with van der Waals surface area (Å²) in [6.45, 7) is 1.99. The third-order valence-corrected chi connectivity index (χ3v) is 4.96. The van der Waals surface area contributed by atoms with Crippen molar-refractivity contribution in [3.05, 3.63) is 71.4 Å². The van der Waals surface area contributed by atoms with Crippen LogP contribution in [0.2, 0.25) is 0 Å². The van der Waals surface area contributed by atoms with Crippen LogP contribution >= 0.6 is 0 Å². The van der Waals surface area contributed by atoms with Crippen molar-refractivity contribution in [2.75, 3.05) is 34.7 Å². The fraction of sp³-hybridized carbons (Fsp3) is 0.375. The van der Waals surface area contributed by atoms with Gasteiger partial charge in [-0.2, -0.15) is 5.10 Å². The lowest BCUT2D eigenvalue weighted by molar-refractivity contribution is 0.282. The number of rotatable bonds is 9. The second-order valence-corrected chi connectivity index (χ2v) is 8.11. The standard InChI is InChI=1S/C24H32N4O/c1-26(2)15-5-6-19-7-11-21(12-8-19)24-22(16-27(3)4)17-28(25-24)23-13-9-20(18-29)10-14-23/h7-14,17,29H,5-6,15-16,18H2,1-4H3. The van der Waals surface area contributed by atoms with E-state index in [1.807, 2.05) is 28.9 Å². The molecule has 2 aromatic carbocycles. The molecule has 29 heavy (non-hydrogen) atoms. The fourth-order valence-electron chi connectivity index (χ4n) is 3.42. The molecule has 0 atom stereocenters. The lowest BCUT2D eigenvalue weighted by atomic mass is 10.0. The zero-order chi connectivity index (χ0) is 20.8. The summed E-state index contributed by atoms with van der Waals surface area (Å²) in [5, 5.41) is 14.2. The predicted octanol–water partition coefficient (Wildman–Crippen LogP) is 3.59. The average molecular weight is 393 g/mol. The molecule has 0 radical (unpaired) electrons. The van der Waals surface area contributed by atoms with E-state index in [2.05, 4.69) is 68.5 Å². The summed E-state index contributed by atoms with van der Waals surface area (Å²) in [5.41, 5.74) is 6.62. The highest BCUT2D eigenvalue weighted by molar-refractivity contribution is 5.63. The van der Waals surface area contributed by atoms with E-state index in [1.165, 1.54) is 11.1 Å². The molecule has 1 heterocycles. The molecule has 0 bridgehead atoms. The normalized spacial score (nSPS) is 11.6. The van der Waals surface area contributed by atoms with Gasteiger partial charge in [-0.3, -0.25) is 0 Å². The predicted molar refractivity (Wildman–Crippen MR) is 119 cm³/mol. The zero-order valence-electron chi connectivity index (χ0n) is 18.0. The molecular formula is C24H32N4O. The molecule has 0 saturated heterocycles. The maximum Gasteiger partial charge on any atom is 0.0972 e. The molecule has 154 valence electrons. The van der Waals surface area contributed by atoms with Gasteiger partial charge in [-0.25, -0.2) is 4.68 Å². The molecule has 0 spiro atoms. The molecule has 1 aromatic heterocycles. The molecule has 0 unspecified atom stereocenters. The number of hydrogen-bond donors (Lipinski definition) is 1. The summed E-state index contributed by atoms with van der Waals surface area (Å²) in [5.74, 6) is 0. The monoisotopic (exact) mass is 392 g/mol. The van der Waals surface area contributed by atoms with Gasteiger partial charge in [-0.1, -0.05) is 36.4 Å². The summed E-state index contributed by atoms with van der Waals surface area (Å²) in [7, 11) is 8.38. The fourth-order valence-corrected chi connectivity index (χ4v) is 3.42. The second-order valence-electron chi connectivity index (χ2n) is 8.11. The van der Waals surface area contributed by atoms with Gasteiger partial charge in [0, 0.05) is 23.9 Å². The number of hydrogen-bond acceptors (Lipinski definition) is 4. The lowest BCUT2D eigenvalue weighted by Crippen LogP contribution is -2.13. The Kier molecular flexibility index (Phi) is 7.20. The van der Waals surface area contributed by atoms with Gasteiger partial charge in [-0.15, -0.1) is 0 Å². The highest BCUT2D eigenvalue weighted by Gasteiger charge is 2.13. The largest absolute Gasteiger partial charge is 0.392 e. The van der Waals surface area contributed by atoms with Crippen molar-refractivity contribution >= 4 is 0 Å². The van der Waals surface area contributed by atoms with E-state index in [0.29, 0.717) is 0 Å². The molecule has 1 N–H and O–H groups in total. The SMILES string of the molecule is CN(C)CCCc1ccc(-c2nn(-c3ccc(CO)cc3)cc2CN(C)C)cc1. The van der Waals surface area contributed by atoms with Crippen molar-refractivity contribution in [2.45, 2.75) is 26.0 Å². The Labute approximate surface area is 174 Å². The van der Waals surface area contributed by atoms with Crippen molar-refractivity contribution in [2.24, 2.45) is 0 Å². The number of aryl methyl sites for hydroxylation is 1. The van der Waals surface area contributed by atoms with Crippen LogP contribution in [0, 0.1) is 0 Å². The Hall–Kier alpha value is -2.47. The first-order chi connectivity index (χ1) is 14.0. The third-order valence-electron chi connectivity index (χ3n) is 4.96. The summed E-state index contributed by atoms with van der Waals surface area (Å²) in [6, 6.07) is 16.7. The van der Waals surface area contributed by atoms with Gasteiger partial charge in [0.15, 0.2) is 0 Å². The minimum Gasteiger partial charge on any atom is -0.392 e. The number of nitrogens with zero attached hydrogens (tertiary/aromatic N) is 4. The average Bonchev–Trinajstić information content (AvgIpc) is 3.11. The Morgan fingerprint density at radius 3 is 2.10 bits per heavy atom. The van der Waals surface area contributed by atoms with Crippen LogP contribution in [0.4, 0.5) is 0 Å². The maximum atomic E-state index is 9.27. The topological polar surface area (TPSA) is 44.5 Å². The molecule has 0 fully saturated rings. The number of aromatic nitrogens is 2. The van der Waals surface area contributed by atoms with Gasteiger partial charge in [0.2, 0.25) is 0 Å². The number of benzene rings is 2. The molecule has 5 heteroatoms. The van der Waals surface area contributed by atoms with E-state index in [-0.39, 0.29) is 6.61 Å². The van der Waals surface area contributed by atoms with Gasteiger partial charge in [0.05, 0.1) is 18.0 Å². The van der Waals surface area contributed by atoms with Crippen molar-refractivity contribution in [1.29, 1.82) is 0 Å². The van der Waals surface area contributed by atoms with E-state index in [0.717, 1.165) is 48.4 Å². The maximum absolute atomic E-state index is 9.27. The molecular weight excluding hydrogens is 360 g/mol. The molecule has 5 nitrogen and oxygen atoms in total. The van der Waals surface area contributed by atoms with Gasteiger partial charge in [0.25, 0.3) is 0 Å².